The van der Waals surface area contributed by atoms with E-state index in [2.05, 4.69) is 6.58 Å². The van der Waals surface area contributed by atoms with E-state index in [1.54, 1.807) is 26.8 Å². The summed E-state index contributed by atoms with van der Waals surface area (Å²) in [5, 5.41) is 11.6. The molecule has 1 aliphatic heterocycles. The fourth-order valence-corrected chi connectivity index (χ4v) is 9.60. The summed E-state index contributed by atoms with van der Waals surface area (Å²) in [5.41, 5.74) is -5.08. The van der Waals surface area contributed by atoms with Crippen LogP contribution >= 0.6 is 7.60 Å². The molecule has 4 aliphatic carbocycles. The van der Waals surface area contributed by atoms with Gasteiger partial charge in [0.1, 0.15) is 19.1 Å². The van der Waals surface area contributed by atoms with Gasteiger partial charge in [-0.3, -0.25) is 14.2 Å². The van der Waals surface area contributed by atoms with Gasteiger partial charge in [-0.25, -0.2) is 4.39 Å². The second-order valence-electron chi connectivity index (χ2n) is 11.7. The highest BCUT2D eigenvalue weighted by Gasteiger charge is 2.80. The van der Waals surface area contributed by atoms with E-state index in [4.69, 9.17) is 23.3 Å². The van der Waals surface area contributed by atoms with Crippen LogP contribution in [0.4, 0.5) is 4.39 Å². The molecule has 0 radical (unpaired) electrons. The molecule has 8 atom stereocenters. The molecule has 4 fully saturated rings. The third-order valence-corrected chi connectivity index (χ3v) is 11.7. The summed E-state index contributed by atoms with van der Waals surface area (Å²) in [6.45, 7) is 10.6. The van der Waals surface area contributed by atoms with Crippen LogP contribution in [0.15, 0.2) is 36.3 Å². The smallest absolute Gasteiger partial charge is 0.356 e. The summed E-state index contributed by atoms with van der Waals surface area (Å²) in [6.07, 6.45) is 3.05. The lowest BCUT2D eigenvalue weighted by atomic mass is 9.44. The number of carbonyl (C=O) groups excluding carboxylic acids is 2. The van der Waals surface area contributed by atoms with E-state index in [1.165, 1.54) is 12.2 Å². The molecule has 0 aromatic carbocycles. The van der Waals surface area contributed by atoms with E-state index in [0.717, 1.165) is 0 Å². The number of rotatable bonds is 9. The number of carbonyl (C=O) groups is 2. The molecule has 3 saturated carbocycles. The monoisotopic (exact) mass is 568 g/mol. The maximum absolute atomic E-state index is 17.4. The number of hydrogen-bond acceptors (Lipinski definition) is 9. The van der Waals surface area contributed by atoms with Gasteiger partial charge in [-0.1, -0.05) is 18.6 Å². The van der Waals surface area contributed by atoms with Crippen molar-refractivity contribution in [2.75, 3.05) is 26.2 Å². The Balaban J connectivity index is 1.46. The van der Waals surface area contributed by atoms with Crippen LogP contribution in [0.5, 0.6) is 0 Å². The summed E-state index contributed by atoms with van der Waals surface area (Å²) in [7, 11) is -3.55. The Morgan fingerprint density at radius 3 is 2.62 bits per heavy atom. The fraction of sp³-hybridized carbons (Fsp3) is 0.714. The molecule has 0 bridgehead atoms. The molecular weight excluding hydrogens is 530 g/mol. The second kappa shape index (κ2) is 9.62. The zero-order valence-electron chi connectivity index (χ0n) is 22.9. The standard InChI is InChI=1S/C28H38FO9P/c1-6-35-39(33,36-7-2)16-34-15-23(32)28-24(37-17(3)38-28)13-21-20-9-8-18-12-19(30)10-11-25(18,4)27(20,29)22(31)14-26(21,28)5/h10-12,20-22,24,31H,3,6-9,13-16H2,1-2,4-5H3/t20-,21-,22-,24+,25-,26-,27-,28+/m0/s1. The van der Waals surface area contributed by atoms with Gasteiger partial charge < -0.3 is 28.4 Å². The highest BCUT2D eigenvalue weighted by atomic mass is 31.2. The fourth-order valence-electron chi connectivity index (χ4n) is 8.28. The first kappa shape index (κ1) is 28.7. The molecule has 5 aliphatic rings. The van der Waals surface area contributed by atoms with Crippen molar-refractivity contribution in [2.24, 2.45) is 22.7 Å². The molecule has 11 heteroatoms. The lowest BCUT2D eigenvalue weighted by molar-refractivity contribution is -0.217. The van der Waals surface area contributed by atoms with Crippen LogP contribution < -0.4 is 0 Å². The van der Waals surface area contributed by atoms with E-state index in [9.17, 15) is 19.3 Å². The van der Waals surface area contributed by atoms with Crippen molar-refractivity contribution in [3.63, 3.8) is 0 Å². The predicted octanol–water partition coefficient (Wildman–Crippen LogP) is 4.40. The van der Waals surface area contributed by atoms with Crippen molar-refractivity contribution in [1.29, 1.82) is 0 Å². The third kappa shape index (κ3) is 3.89. The minimum absolute atomic E-state index is 0.0107. The minimum Gasteiger partial charge on any atom is -0.458 e. The number of aliphatic hydroxyl groups excluding tert-OH is 1. The quantitative estimate of drug-likeness (QED) is 0.404. The summed E-state index contributed by atoms with van der Waals surface area (Å²) >= 11 is 0. The average Bonchev–Trinajstić information content (AvgIpc) is 3.31. The minimum atomic E-state index is -3.55. The molecule has 5 rings (SSSR count). The van der Waals surface area contributed by atoms with Crippen LogP contribution in [0.2, 0.25) is 0 Å². The number of ether oxygens (including phenoxy) is 3. The van der Waals surface area contributed by atoms with Gasteiger partial charge >= 0.3 is 7.60 Å². The number of alkyl halides is 1. The summed E-state index contributed by atoms with van der Waals surface area (Å²) in [5.74, 6) is -1.63. The highest BCUT2D eigenvalue weighted by Crippen LogP contribution is 2.72. The Morgan fingerprint density at radius 1 is 1.26 bits per heavy atom. The highest BCUT2D eigenvalue weighted by molar-refractivity contribution is 7.53. The number of aliphatic hydroxyl groups is 1. The van der Waals surface area contributed by atoms with Crippen molar-refractivity contribution in [3.8, 4) is 0 Å². The van der Waals surface area contributed by atoms with Crippen LogP contribution in [-0.2, 0) is 37.4 Å². The van der Waals surface area contributed by atoms with Crippen LogP contribution in [0.3, 0.4) is 0 Å². The number of halogens is 1. The largest absolute Gasteiger partial charge is 0.458 e. The zero-order valence-corrected chi connectivity index (χ0v) is 23.8. The first-order chi connectivity index (χ1) is 18.3. The normalized spacial score (nSPS) is 42.6. The number of hydrogen-bond donors (Lipinski definition) is 1. The SMILES string of the molecule is C=C1O[C@@H]2C[C@H]3[C@@H]4CCC5=CC(=O)C=C[C@]5(C)[C@@]4(F)[C@@H](O)C[C@]3(C)[C@]2(C(=O)COCP(=O)(OCC)OCC)O1. The van der Waals surface area contributed by atoms with Gasteiger partial charge in [-0.05, 0) is 71.1 Å². The molecule has 0 aromatic rings. The van der Waals surface area contributed by atoms with Gasteiger partial charge in [0, 0.05) is 16.7 Å². The topological polar surface area (TPSA) is 118 Å². The van der Waals surface area contributed by atoms with Gasteiger partial charge in [-0.2, -0.15) is 0 Å². The Labute approximate surface area is 228 Å². The van der Waals surface area contributed by atoms with E-state index >= 15 is 4.39 Å². The summed E-state index contributed by atoms with van der Waals surface area (Å²) in [4.78, 5) is 26.0. The molecule has 0 amide bonds. The summed E-state index contributed by atoms with van der Waals surface area (Å²) < 4.78 is 58.3. The number of Topliss-reactive ketones (excluding diaryl/α,β-unsaturated/α-hetero) is 1. The molecule has 216 valence electrons. The zero-order chi connectivity index (χ0) is 28.4. The molecule has 1 N–H and O–H groups in total. The molecule has 0 spiro atoms. The van der Waals surface area contributed by atoms with Crippen molar-refractivity contribution >= 4 is 19.2 Å². The van der Waals surface area contributed by atoms with Crippen LogP contribution in [-0.4, -0.2) is 66.3 Å². The van der Waals surface area contributed by atoms with Crippen LogP contribution in [0, 0.1) is 22.7 Å². The predicted molar refractivity (Wildman–Crippen MR) is 138 cm³/mol. The molecule has 39 heavy (non-hydrogen) atoms. The number of ketones is 2. The number of allylic oxidation sites excluding steroid dienone is 4. The van der Waals surface area contributed by atoms with E-state index in [1.807, 2.05) is 6.92 Å². The van der Waals surface area contributed by atoms with Crippen LogP contribution in [0.25, 0.3) is 0 Å². The molecule has 0 unspecified atom stereocenters. The number of fused-ring (bicyclic) bond motifs is 7. The van der Waals surface area contributed by atoms with Gasteiger partial charge in [0.2, 0.25) is 11.4 Å². The van der Waals surface area contributed by atoms with Crippen molar-refractivity contribution in [3.05, 3.63) is 36.3 Å². The maximum atomic E-state index is 17.4. The Bertz CT molecular complexity index is 1170. The Kier molecular flexibility index (Phi) is 7.08. The van der Waals surface area contributed by atoms with Crippen molar-refractivity contribution in [1.82, 2.24) is 0 Å². The van der Waals surface area contributed by atoms with Gasteiger partial charge in [0.25, 0.3) is 5.95 Å². The van der Waals surface area contributed by atoms with E-state index < -0.39 is 66.6 Å². The first-order valence-electron chi connectivity index (χ1n) is 13.7. The first-order valence-corrected chi connectivity index (χ1v) is 15.4. The molecular formula is C28H38FO9P. The van der Waals surface area contributed by atoms with Crippen molar-refractivity contribution < 1.29 is 46.9 Å². The third-order valence-electron chi connectivity index (χ3n) is 9.90. The summed E-state index contributed by atoms with van der Waals surface area (Å²) in [6, 6.07) is 0. The van der Waals surface area contributed by atoms with E-state index in [0.29, 0.717) is 24.8 Å². The van der Waals surface area contributed by atoms with Gasteiger partial charge in [0.15, 0.2) is 11.5 Å². The van der Waals surface area contributed by atoms with Gasteiger partial charge in [0.05, 0.1) is 19.3 Å². The molecule has 0 aromatic heterocycles. The average molecular weight is 569 g/mol. The van der Waals surface area contributed by atoms with Gasteiger partial charge in [-0.15, -0.1) is 0 Å². The van der Waals surface area contributed by atoms with Crippen LogP contribution in [0.1, 0.15) is 53.4 Å². The lowest BCUT2D eigenvalue weighted by Gasteiger charge is -2.62. The lowest BCUT2D eigenvalue weighted by Crippen LogP contribution is -2.69. The Morgan fingerprint density at radius 2 is 1.95 bits per heavy atom. The molecule has 1 saturated heterocycles. The molecule has 1 heterocycles. The second-order valence-corrected chi connectivity index (χ2v) is 13.7. The van der Waals surface area contributed by atoms with Crippen molar-refractivity contribution in [2.45, 2.75) is 76.9 Å². The van der Waals surface area contributed by atoms with E-state index in [-0.39, 0.29) is 37.3 Å². The molecule has 9 nitrogen and oxygen atoms in total. The maximum Gasteiger partial charge on any atom is 0.356 e. The Hall–Kier alpha value is -1.84.